The highest BCUT2D eigenvalue weighted by Crippen LogP contribution is 2.18. The number of halogens is 1. The Bertz CT molecular complexity index is 531. The Morgan fingerprint density at radius 3 is 2.76 bits per heavy atom. The van der Waals surface area contributed by atoms with Gasteiger partial charge in [0.05, 0.1) is 11.3 Å². The zero-order valence-electron chi connectivity index (χ0n) is 13.0. The van der Waals surface area contributed by atoms with Gasteiger partial charge < -0.3 is 9.74 Å². The minimum absolute atomic E-state index is 0. The summed E-state index contributed by atoms with van der Waals surface area (Å²) in [5.41, 5.74) is 2.55. The van der Waals surface area contributed by atoms with E-state index in [1.54, 1.807) is 6.07 Å². The van der Waals surface area contributed by atoms with Gasteiger partial charge in [0.2, 0.25) is 0 Å². The van der Waals surface area contributed by atoms with Crippen LogP contribution in [0.3, 0.4) is 0 Å². The molecule has 0 saturated carbocycles. The molecule has 116 valence electrons. The van der Waals surface area contributed by atoms with Crippen LogP contribution in [0.5, 0.6) is 0 Å². The summed E-state index contributed by atoms with van der Waals surface area (Å²) in [7, 11) is 2.11. The number of benzene rings is 1. The van der Waals surface area contributed by atoms with Gasteiger partial charge in [0, 0.05) is 24.9 Å². The lowest BCUT2D eigenvalue weighted by Crippen LogP contribution is -2.43. The lowest BCUT2D eigenvalue weighted by molar-refractivity contribution is 0.0508. The van der Waals surface area contributed by atoms with E-state index in [9.17, 15) is 4.79 Å². The molecule has 4 nitrogen and oxygen atoms in total. The summed E-state index contributed by atoms with van der Waals surface area (Å²) in [6.07, 6.45) is 0.846. The fraction of sp³-hybridized carbons (Fsp3) is 0.500. The lowest BCUT2D eigenvalue weighted by Gasteiger charge is -2.34. The van der Waals surface area contributed by atoms with Crippen LogP contribution in [0.2, 0.25) is 0 Å². The van der Waals surface area contributed by atoms with E-state index in [0.717, 1.165) is 24.2 Å². The Morgan fingerprint density at radius 1 is 1.38 bits per heavy atom. The maximum absolute atomic E-state index is 12.0. The summed E-state index contributed by atoms with van der Waals surface area (Å²) >= 11 is 0. The first kappa shape index (κ1) is 17.7. The Labute approximate surface area is 132 Å². The van der Waals surface area contributed by atoms with Crippen LogP contribution in [0.25, 0.3) is 0 Å². The third-order valence-corrected chi connectivity index (χ3v) is 3.89. The average molecular weight is 311 g/mol. The number of nitrogens with zero attached hydrogens (tertiary/aromatic N) is 2. The van der Waals surface area contributed by atoms with Crippen molar-refractivity contribution in [3.8, 4) is 0 Å². The highest BCUT2D eigenvalue weighted by atomic mass is 35.5. The van der Waals surface area contributed by atoms with Crippen molar-refractivity contribution >= 4 is 24.1 Å². The predicted molar refractivity (Wildman–Crippen MR) is 87.2 cm³/mol. The van der Waals surface area contributed by atoms with E-state index < -0.39 is 0 Å². The van der Waals surface area contributed by atoms with Crippen LogP contribution in [0.1, 0.15) is 36.2 Å². The number of likely N-dealkylation sites (tertiary alicyclic amines) is 1. The van der Waals surface area contributed by atoms with Crippen molar-refractivity contribution in [2.24, 2.45) is 11.1 Å². The van der Waals surface area contributed by atoms with Gasteiger partial charge in [-0.1, -0.05) is 29.8 Å². The van der Waals surface area contributed by atoms with Crippen LogP contribution in [0, 0.1) is 12.8 Å². The van der Waals surface area contributed by atoms with Crippen LogP contribution < -0.4 is 0 Å². The van der Waals surface area contributed by atoms with E-state index in [1.807, 2.05) is 25.1 Å². The van der Waals surface area contributed by atoms with Gasteiger partial charge in [-0.2, -0.15) is 0 Å². The maximum Gasteiger partial charge on any atom is 0.365 e. The average Bonchev–Trinajstić information content (AvgIpc) is 2.41. The number of carbonyl (C=O) groups is 1. The fourth-order valence-electron chi connectivity index (χ4n) is 2.43. The summed E-state index contributed by atoms with van der Waals surface area (Å²) in [4.78, 5) is 19.4. The second-order valence-electron chi connectivity index (χ2n) is 5.72. The number of rotatable bonds is 2. The normalized spacial score (nSPS) is 24.5. The van der Waals surface area contributed by atoms with Crippen LogP contribution in [0.15, 0.2) is 29.4 Å². The number of piperidine rings is 1. The number of carbonyl (C=O) groups excluding carboxylic acids is 1. The molecule has 1 aliphatic heterocycles. The number of hydrogen-bond donors (Lipinski definition) is 0. The molecule has 1 fully saturated rings. The van der Waals surface area contributed by atoms with Crippen molar-refractivity contribution < 1.29 is 9.63 Å². The number of hydrogen-bond acceptors (Lipinski definition) is 4. The molecular weight excluding hydrogens is 288 g/mol. The summed E-state index contributed by atoms with van der Waals surface area (Å²) in [5.74, 6) is -0.0681. The van der Waals surface area contributed by atoms with Crippen molar-refractivity contribution in [1.82, 2.24) is 4.90 Å². The molecule has 0 radical (unpaired) electrons. The van der Waals surface area contributed by atoms with Crippen molar-refractivity contribution in [2.45, 2.75) is 33.2 Å². The third kappa shape index (κ3) is 4.55. The molecule has 2 rings (SSSR count). The Kier molecular flexibility index (Phi) is 6.37. The van der Waals surface area contributed by atoms with Gasteiger partial charge in [0.25, 0.3) is 0 Å². The zero-order chi connectivity index (χ0) is 14.7. The second kappa shape index (κ2) is 7.57. The molecular formula is C16H23ClN2O2. The predicted octanol–water partition coefficient (Wildman–Crippen LogP) is 3.29. The summed E-state index contributed by atoms with van der Waals surface area (Å²) in [6, 6.07) is 7.78. The first-order valence-corrected chi connectivity index (χ1v) is 7.02. The molecule has 1 aromatic rings. The molecule has 0 bridgehead atoms. The van der Waals surface area contributed by atoms with Gasteiger partial charge in [0.1, 0.15) is 0 Å². The number of aryl methyl sites for hydroxylation is 1. The molecule has 0 N–H and O–H groups in total. The molecule has 0 amide bonds. The summed E-state index contributed by atoms with van der Waals surface area (Å²) in [6.45, 7) is 7.16. The van der Waals surface area contributed by atoms with Gasteiger partial charge in [-0.15, -0.1) is 12.4 Å². The van der Waals surface area contributed by atoms with Gasteiger partial charge in [-0.3, -0.25) is 0 Å². The molecule has 1 aromatic carbocycles. The molecule has 1 saturated heterocycles. The highest BCUT2D eigenvalue weighted by Gasteiger charge is 2.26. The van der Waals surface area contributed by atoms with Crippen LogP contribution in [-0.4, -0.2) is 36.2 Å². The van der Waals surface area contributed by atoms with Crippen LogP contribution in [-0.2, 0) is 4.84 Å². The Hall–Kier alpha value is -1.39. The van der Waals surface area contributed by atoms with Crippen molar-refractivity contribution in [3.63, 3.8) is 0 Å². The molecule has 2 atom stereocenters. The molecule has 5 heteroatoms. The smallest absolute Gasteiger partial charge is 0.313 e. The van der Waals surface area contributed by atoms with Gasteiger partial charge in [0.15, 0.2) is 0 Å². The molecule has 1 heterocycles. The van der Waals surface area contributed by atoms with Gasteiger partial charge >= 0.3 is 5.97 Å². The lowest BCUT2D eigenvalue weighted by atomic mass is 9.93. The van der Waals surface area contributed by atoms with Crippen LogP contribution >= 0.6 is 12.4 Å². The van der Waals surface area contributed by atoms with E-state index >= 15 is 0 Å². The Morgan fingerprint density at radius 2 is 2.10 bits per heavy atom. The molecule has 2 unspecified atom stereocenters. The largest absolute Gasteiger partial charge is 0.365 e. The van der Waals surface area contributed by atoms with Crippen molar-refractivity contribution in [1.29, 1.82) is 0 Å². The van der Waals surface area contributed by atoms with Crippen molar-refractivity contribution in [3.05, 3.63) is 35.4 Å². The maximum atomic E-state index is 12.0. The monoisotopic (exact) mass is 310 g/mol. The standard InChI is InChI=1S/C16H22N2O2.ClH/c1-11-6-5-7-14(8-11)16(19)20-17-15-9-13(3)18(4)10-12(15)2;/h5-8,12-13H,9-10H2,1-4H3;1H/b17-15+;. The molecule has 1 aliphatic rings. The van der Waals surface area contributed by atoms with E-state index in [1.165, 1.54) is 0 Å². The second-order valence-corrected chi connectivity index (χ2v) is 5.72. The first-order chi connectivity index (χ1) is 9.47. The minimum atomic E-state index is -0.389. The van der Waals surface area contributed by atoms with E-state index in [-0.39, 0.29) is 18.4 Å². The summed E-state index contributed by atoms with van der Waals surface area (Å²) in [5, 5.41) is 4.10. The fourth-order valence-corrected chi connectivity index (χ4v) is 2.43. The quantitative estimate of drug-likeness (QED) is 0.622. The SMILES string of the molecule is Cc1cccc(C(=O)O/N=C2\CC(C)N(C)CC2C)c1.Cl. The van der Waals surface area contributed by atoms with E-state index in [0.29, 0.717) is 17.5 Å². The topological polar surface area (TPSA) is 41.9 Å². The van der Waals surface area contributed by atoms with E-state index in [2.05, 4.69) is 31.0 Å². The van der Waals surface area contributed by atoms with Gasteiger partial charge in [-0.25, -0.2) is 4.79 Å². The molecule has 21 heavy (non-hydrogen) atoms. The molecule has 0 spiro atoms. The van der Waals surface area contributed by atoms with E-state index in [4.69, 9.17) is 4.84 Å². The highest BCUT2D eigenvalue weighted by molar-refractivity contribution is 5.92. The zero-order valence-corrected chi connectivity index (χ0v) is 13.8. The third-order valence-electron chi connectivity index (χ3n) is 3.89. The Balaban J connectivity index is 0.00000220. The molecule has 0 aromatic heterocycles. The summed E-state index contributed by atoms with van der Waals surface area (Å²) < 4.78 is 0. The van der Waals surface area contributed by atoms with Gasteiger partial charge in [-0.05, 0) is 33.0 Å². The minimum Gasteiger partial charge on any atom is -0.313 e. The van der Waals surface area contributed by atoms with Crippen LogP contribution in [0.4, 0.5) is 0 Å². The number of oxime groups is 1. The first-order valence-electron chi connectivity index (χ1n) is 7.02. The van der Waals surface area contributed by atoms with Crippen molar-refractivity contribution in [2.75, 3.05) is 13.6 Å². The molecule has 0 aliphatic carbocycles.